The fraction of sp³-hybridized carbons (Fsp3) is 0.231. The van der Waals surface area contributed by atoms with E-state index in [-0.39, 0.29) is 0 Å². The smallest absolute Gasteiger partial charge is 0.416 e. The number of rotatable bonds is 4. The third-order valence-corrected chi connectivity index (χ3v) is 5.95. The number of alkyl halides is 3. The zero-order valence-corrected chi connectivity index (χ0v) is 17.6. The van der Waals surface area contributed by atoms with Gasteiger partial charge in [0.2, 0.25) is 0 Å². The monoisotopic (exact) mass is 437 g/mol. The van der Waals surface area contributed by atoms with Crippen LogP contribution >= 0.6 is 0 Å². The van der Waals surface area contributed by atoms with Gasteiger partial charge >= 0.3 is 6.18 Å². The normalized spacial score (nSPS) is 14.5. The third kappa shape index (κ3) is 3.98. The fourth-order valence-electron chi connectivity index (χ4n) is 4.36. The van der Waals surface area contributed by atoms with Crippen LogP contribution in [-0.4, -0.2) is 18.6 Å². The number of hydrogen-bond acceptors (Lipinski definition) is 3. The molecule has 0 bridgehead atoms. The van der Waals surface area contributed by atoms with Crippen molar-refractivity contribution in [3.8, 4) is 17.1 Å². The van der Waals surface area contributed by atoms with Crippen LogP contribution in [0.25, 0.3) is 22.3 Å². The van der Waals surface area contributed by atoms with Gasteiger partial charge in [0.1, 0.15) is 5.76 Å². The highest BCUT2D eigenvalue weighted by Gasteiger charge is 2.30. The maximum absolute atomic E-state index is 13.1. The molecule has 2 heterocycles. The summed E-state index contributed by atoms with van der Waals surface area (Å²) < 4.78 is 50.8. The summed E-state index contributed by atoms with van der Waals surface area (Å²) in [6, 6.07) is 19.4. The van der Waals surface area contributed by atoms with Crippen molar-refractivity contribution in [2.75, 3.05) is 13.7 Å². The average molecular weight is 437 g/mol. The van der Waals surface area contributed by atoms with E-state index in [1.54, 1.807) is 19.2 Å². The molecule has 32 heavy (non-hydrogen) atoms. The molecule has 4 aromatic rings. The van der Waals surface area contributed by atoms with Gasteiger partial charge in [0.25, 0.3) is 0 Å². The zero-order chi connectivity index (χ0) is 22.3. The summed E-state index contributed by atoms with van der Waals surface area (Å²) in [7, 11) is 1.57. The molecule has 0 amide bonds. The molecule has 5 rings (SSSR count). The van der Waals surface area contributed by atoms with Gasteiger partial charge in [0.15, 0.2) is 11.3 Å². The van der Waals surface area contributed by atoms with Gasteiger partial charge in [-0.1, -0.05) is 36.4 Å². The van der Waals surface area contributed by atoms with Crippen LogP contribution in [0.5, 0.6) is 5.75 Å². The fourth-order valence-corrected chi connectivity index (χ4v) is 4.36. The van der Waals surface area contributed by atoms with Crippen molar-refractivity contribution in [1.82, 2.24) is 4.90 Å². The lowest BCUT2D eigenvalue weighted by Crippen LogP contribution is -2.29. The second-order valence-corrected chi connectivity index (χ2v) is 8.14. The van der Waals surface area contributed by atoms with Crippen molar-refractivity contribution in [1.29, 1.82) is 0 Å². The first-order chi connectivity index (χ1) is 15.4. The zero-order valence-electron chi connectivity index (χ0n) is 17.6. The molecule has 3 aromatic carbocycles. The number of ether oxygens (including phenoxy) is 1. The first-order valence-corrected chi connectivity index (χ1v) is 10.5. The van der Waals surface area contributed by atoms with Crippen LogP contribution in [0.1, 0.15) is 22.3 Å². The number of halogens is 3. The minimum atomic E-state index is -4.40. The Morgan fingerprint density at radius 2 is 1.78 bits per heavy atom. The molecule has 0 saturated heterocycles. The molecule has 0 atom stereocenters. The van der Waals surface area contributed by atoms with Gasteiger partial charge in [0, 0.05) is 30.6 Å². The SMILES string of the molecule is COc1cc(CN2CCc3ccccc3C2)cc2cc(-c3cccc(C(F)(F)F)c3)oc12. The maximum atomic E-state index is 13.1. The summed E-state index contributed by atoms with van der Waals surface area (Å²) in [5, 5.41) is 0.809. The molecule has 0 fully saturated rings. The van der Waals surface area contributed by atoms with Crippen LogP contribution in [-0.2, 0) is 25.7 Å². The van der Waals surface area contributed by atoms with E-state index in [1.165, 1.54) is 17.2 Å². The van der Waals surface area contributed by atoms with Crippen molar-refractivity contribution in [2.24, 2.45) is 0 Å². The average Bonchev–Trinajstić information content (AvgIpc) is 3.22. The Kier molecular flexibility index (Phi) is 5.18. The lowest BCUT2D eigenvalue weighted by molar-refractivity contribution is -0.137. The molecule has 0 spiro atoms. The standard InChI is InChI=1S/C26H22F3NO2/c1-31-24-12-17(15-30-10-9-18-5-2-3-6-20(18)16-30)11-21-14-23(32-25(21)24)19-7-4-8-22(13-19)26(27,28)29/h2-8,11-14H,9-10,15-16H2,1H3. The first kappa shape index (κ1) is 20.6. The summed E-state index contributed by atoms with van der Waals surface area (Å²) in [6.45, 7) is 2.61. The number of fused-ring (bicyclic) bond motifs is 2. The molecule has 164 valence electrons. The number of hydrogen-bond donors (Lipinski definition) is 0. The Labute approximate surface area is 184 Å². The Morgan fingerprint density at radius 3 is 2.56 bits per heavy atom. The van der Waals surface area contributed by atoms with E-state index >= 15 is 0 Å². The molecular formula is C26H22F3NO2. The Balaban J connectivity index is 1.46. The molecule has 0 saturated carbocycles. The van der Waals surface area contributed by atoms with Gasteiger partial charge < -0.3 is 9.15 Å². The van der Waals surface area contributed by atoms with E-state index in [1.807, 2.05) is 12.1 Å². The van der Waals surface area contributed by atoms with Crippen LogP contribution < -0.4 is 4.74 Å². The lowest BCUT2D eigenvalue weighted by atomic mass is 9.99. The quantitative estimate of drug-likeness (QED) is 0.356. The second kappa shape index (κ2) is 8.02. The molecule has 3 nitrogen and oxygen atoms in total. The van der Waals surface area contributed by atoms with Crippen LogP contribution in [0.4, 0.5) is 13.2 Å². The summed E-state index contributed by atoms with van der Waals surface area (Å²) in [5.74, 6) is 0.960. The van der Waals surface area contributed by atoms with E-state index in [4.69, 9.17) is 9.15 Å². The first-order valence-electron chi connectivity index (χ1n) is 10.5. The molecule has 1 aromatic heterocycles. The number of benzene rings is 3. The number of furan rings is 1. The van der Waals surface area contributed by atoms with Crippen molar-refractivity contribution in [2.45, 2.75) is 25.7 Å². The summed E-state index contributed by atoms with van der Waals surface area (Å²) >= 11 is 0. The van der Waals surface area contributed by atoms with Crippen LogP contribution in [0, 0.1) is 0 Å². The maximum Gasteiger partial charge on any atom is 0.416 e. The predicted molar refractivity (Wildman–Crippen MR) is 117 cm³/mol. The van der Waals surface area contributed by atoms with Crippen LogP contribution in [0.3, 0.4) is 0 Å². The van der Waals surface area contributed by atoms with Crippen LogP contribution in [0.15, 0.2) is 71.1 Å². The molecule has 0 radical (unpaired) electrons. The predicted octanol–water partition coefficient (Wildman–Crippen LogP) is 6.69. The lowest BCUT2D eigenvalue weighted by Gasteiger charge is -2.28. The Morgan fingerprint density at radius 1 is 0.969 bits per heavy atom. The van der Waals surface area contributed by atoms with E-state index in [9.17, 15) is 13.2 Å². The van der Waals surface area contributed by atoms with Gasteiger partial charge in [-0.3, -0.25) is 4.90 Å². The largest absolute Gasteiger partial charge is 0.493 e. The Hall–Kier alpha value is -3.25. The van der Waals surface area contributed by atoms with E-state index in [0.717, 1.165) is 49.1 Å². The molecule has 1 aliphatic heterocycles. The van der Waals surface area contributed by atoms with Gasteiger partial charge in [-0.2, -0.15) is 13.2 Å². The molecular weight excluding hydrogens is 415 g/mol. The highest BCUT2D eigenvalue weighted by Crippen LogP contribution is 2.37. The topological polar surface area (TPSA) is 25.6 Å². The van der Waals surface area contributed by atoms with Gasteiger partial charge in [0.05, 0.1) is 12.7 Å². The van der Waals surface area contributed by atoms with Gasteiger partial charge in [-0.25, -0.2) is 0 Å². The van der Waals surface area contributed by atoms with Crippen molar-refractivity contribution < 1.29 is 22.3 Å². The summed E-state index contributed by atoms with van der Waals surface area (Å²) in [6.07, 6.45) is -3.39. The molecule has 0 aliphatic carbocycles. The highest BCUT2D eigenvalue weighted by molar-refractivity contribution is 5.88. The Bertz CT molecular complexity index is 1280. The summed E-state index contributed by atoms with van der Waals surface area (Å²) in [4.78, 5) is 2.39. The van der Waals surface area contributed by atoms with Crippen molar-refractivity contribution in [3.63, 3.8) is 0 Å². The van der Waals surface area contributed by atoms with E-state index in [0.29, 0.717) is 22.7 Å². The highest BCUT2D eigenvalue weighted by atomic mass is 19.4. The van der Waals surface area contributed by atoms with Gasteiger partial charge in [-0.05, 0) is 53.4 Å². The minimum absolute atomic E-state index is 0.382. The number of methoxy groups -OCH3 is 1. The third-order valence-electron chi connectivity index (χ3n) is 5.95. The number of nitrogens with zero attached hydrogens (tertiary/aromatic N) is 1. The van der Waals surface area contributed by atoms with Gasteiger partial charge in [-0.15, -0.1) is 0 Å². The minimum Gasteiger partial charge on any atom is -0.493 e. The molecule has 0 unspecified atom stereocenters. The van der Waals surface area contributed by atoms with Crippen molar-refractivity contribution in [3.05, 3.63) is 89.0 Å². The van der Waals surface area contributed by atoms with Crippen LogP contribution in [0.2, 0.25) is 0 Å². The van der Waals surface area contributed by atoms with E-state index in [2.05, 4.69) is 29.2 Å². The molecule has 6 heteroatoms. The molecule has 0 N–H and O–H groups in total. The second-order valence-electron chi connectivity index (χ2n) is 8.14. The summed E-state index contributed by atoms with van der Waals surface area (Å²) in [5.41, 5.74) is 4.04. The molecule has 1 aliphatic rings. The van der Waals surface area contributed by atoms with E-state index < -0.39 is 11.7 Å². The van der Waals surface area contributed by atoms with Crippen molar-refractivity contribution >= 4 is 11.0 Å².